The summed E-state index contributed by atoms with van der Waals surface area (Å²) >= 11 is 5.77. The molecule has 1 aliphatic rings. The van der Waals surface area contributed by atoms with E-state index in [0.29, 0.717) is 34.7 Å². The number of halogens is 2. The Morgan fingerprint density at radius 1 is 1.28 bits per heavy atom. The van der Waals surface area contributed by atoms with Gasteiger partial charge in [0.15, 0.2) is 0 Å². The second-order valence-corrected chi connectivity index (χ2v) is 8.11. The number of hydrogen-bond acceptors (Lipinski definition) is 6. The molecule has 3 N–H and O–H groups in total. The van der Waals surface area contributed by atoms with E-state index < -0.39 is 5.82 Å². The first-order valence-electron chi connectivity index (χ1n) is 10.4. The van der Waals surface area contributed by atoms with Crippen LogP contribution < -0.4 is 20.9 Å². The number of carbonyl (C=O) groups excluding carboxylic acids is 1. The van der Waals surface area contributed by atoms with E-state index in [2.05, 4.69) is 25.6 Å². The highest BCUT2D eigenvalue weighted by Crippen LogP contribution is 2.22. The van der Waals surface area contributed by atoms with Crippen LogP contribution in [-0.4, -0.2) is 33.9 Å². The van der Waals surface area contributed by atoms with E-state index in [-0.39, 0.29) is 35.5 Å². The van der Waals surface area contributed by atoms with E-state index in [9.17, 15) is 14.0 Å². The molecule has 2 aromatic heterocycles. The number of piperidine rings is 1. The summed E-state index contributed by atoms with van der Waals surface area (Å²) in [7, 11) is 0. The maximum Gasteiger partial charge on any atom is 0.258 e. The molecular weight excluding hydrogens is 437 g/mol. The Hall–Kier alpha value is -3.04. The van der Waals surface area contributed by atoms with E-state index in [0.717, 1.165) is 25.9 Å². The predicted molar refractivity (Wildman–Crippen MR) is 118 cm³/mol. The Morgan fingerprint density at radius 2 is 2.09 bits per heavy atom. The molecule has 0 radical (unpaired) electrons. The Labute approximate surface area is 188 Å². The summed E-state index contributed by atoms with van der Waals surface area (Å²) in [5.41, 5.74) is 0.558. The number of nitrogens with zero attached hydrogens (tertiary/aromatic N) is 2. The van der Waals surface area contributed by atoms with Crippen LogP contribution in [0, 0.1) is 11.7 Å². The normalized spacial score (nSPS) is 14.4. The van der Waals surface area contributed by atoms with Crippen LogP contribution in [0.5, 0.6) is 5.75 Å². The molecule has 1 aliphatic heterocycles. The maximum absolute atomic E-state index is 13.3. The minimum Gasteiger partial charge on any atom is -0.486 e. The number of aromatic amines is 1. The van der Waals surface area contributed by atoms with Crippen LogP contribution in [0.15, 0.2) is 35.3 Å². The van der Waals surface area contributed by atoms with Gasteiger partial charge in [-0.3, -0.25) is 14.6 Å². The van der Waals surface area contributed by atoms with Gasteiger partial charge in [-0.15, -0.1) is 0 Å². The molecule has 0 aliphatic carbocycles. The number of amides is 1. The number of rotatable bonds is 7. The van der Waals surface area contributed by atoms with Gasteiger partial charge in [0.1, 0.15) is 29.5 Å². The third-order valence-electron chi connectivity index (χ3n) is 5.40. The van der Waals surface area contributed by atoms with Crippen molar-refractivity contribution in [3.63, 3.8) is 0 Å². The van der Waals surface area contributed by atoms with Crippen molar-refractivity contribution in [2.75, 3.05) is 13.1 Å². The van der Waals surface area contributed by atoms with Gasteiger partial charge in [0.05, 0.1) is 22.6 Å². The van der Waals surface area contributed by atoms with E-state index >= 15 is 0 Å². The summed E-state index contributed by atoms with van der Waals surface area (Å²) in [6, 6.07) is 5.56. The van der Waals surface area contributed by atoms with Crippen molar-refractivity contribution in [1.82, 2.24) is 25.6 Å². The van der Waals surface area contributed by atoms with Gasteiger partial charge in [-0.25, -0.2) is 9.37 Å². The summed E-state index contributed by atoms with van der Waals surface area (Å²) in [6.45, 7) is 1.99. The average Bonchev–Trinajstić information content (AvgIpc) is 2.79. The van der Waals surface area contributed by atoms with Crippen LogP contribution in [0.3, 0.4) is 0 Å². The standard InChI is InChI=1S/C22H23ClFN5O3/c23-16-10-14(1-2-17(16)24)32-12-19-28-21-15(22(31)29-19)5-8-26-18(21)11-27-20(30)9-13-3-6-25-7-4-13/h1-2,5,8,10,13,25H,3-4,6-7,9,11-12H2,(H,27,30)(H,28,29,31). The third kappa shape index (κ3) is 5.41. The highest BCUT2D eigenvalue weighted by Gasteiger charge is 2.17. The number of nitrogens with one attached hydrogen (secondary N) is 3. The molecule has 0 unspecified atom stereocenters. The number of benzene rings is 1. The molecule has 10 heteroatoms. The van der Waals surface area contributed by atoms with Gasteiger partial charge in [0, 0.05) is 18.7 Å². The molecule has 1 aromatic carbocycles. The van der Waals surface area contributed by atoms with Gasteiger partial charge in [0.2, 0.25) is 5.91 Å². The molecule has 3 heterocycles. The molecule has 8 nitrogen and oxygen atoms in total. The summed E-state index contributed by atoms with van der Waals surface area (Å²) in [4.78, 5) is 36.3. The van der Waals surface area contributed by atoms with Gasteiger partial charge in [-0.05, 0) is 50.0 Å². The van der Waals surface area contributed by atoms with Crippen molar-refractivity contribution in [3.8, 4) is 5.75 Å². The Balaban J connectivity index is 1.46. The zero-order valence-corrected chi connectivity index (χ0v) is 18.0. The average molecular weight is 460 g/mol. The maximum atomic E-state index is 13.3. The van der Waals surface area contributed by atoms with E-state index in [1.807, 2.05) is 0 Å². The fourth-order valence-electron chi connectivity index (χ4n) is 3.69. The van der Waals surface area contributed by atoms with Crippen molar-refractivity contribution in [2.24, 2.45) is 5.92 Å². The molecule has 168 valence electrons. The van der Waals surface area contributed by atoms with Gasteiger partial charge >= 0.3 is 0 Å². The molecule has 0 atom stereocenters. The number of hydrogen-bond donors (Lipinski definition) is 3. The van der Waals surface area contributed by atoms with Crippen molar-refractivity contribution in [2.45, 2.75) is 32.4 Å². The number of H-pyrrole nitrogens is 1. The molecular formula is C22H23ClFN5O3. The van der Waals surface area contributed by atoms with Crippen molar-refractivity contribution in [1.29, 1.82) is 0 Å². The number of fused-ring (bicyclic) bond motifs is 1. The van der Waals surface area contributed by atoms with E-state index in [4.69, 9.17) is 16.3 Å². The molecule has 0 saturated carbocycles. The van der Waals surface area contributed by atoms with Crippen molar-refractivity contribution in [3.05, 3.63) is 63.2 Å². The number of carbonyl (C=O) groups is 1. The second kappa shape index (κ2) is 10.1. The first-order chi connectivity index (χ1) is 15.5. The third-order valence-corrected chi connectivity index (χ3v) is 5.69. The van der Waals surface area contributed by atoms with Crippen molar-refractivity contribution >= 4 is 28.4 Å². The second-order valence-electron chi connectivity index (χ2n) is 7.71. The Morgan fingerprint density at radius 3 is 2.88 bits per heavy atom. The molecule has 4 rings (SSSR count). The van der Waals surface area contributed by atoms with Gasteiger partial charge in [0.25, 0.3) is 5.56 Å². The largest absolute Gasteiger partial charge is 0.486 e. The summed E-state index contributed by atoms with van der Waals surface area (Å²) in [6.07, 6.45) is 3.96. The predicted octanol–water partition coefficient (Wildman–Crippen LogP) is 2.70. The monoisotopic (exact) mass is 459 g/mol. The topological polar surface area (TPSA) is 109 Å². The highest BCUT2D eigenvalue weighted by molar-refractivity contribution is 6.30. The molecule has 1 amide bonds. The van der Waals surface area contributed by atoms with Gasteiger partial charge in [-0.2, -0.15) is 0 Å². The molecule has 1 saturated heterocycles. The molecule has 3 aromatic rings. The zero-order valence-electron chi connectivity index (χ0n) is 17.3. The smallest absolute Gasteiger partial charge is 0.258 e. The molecule has 32 heavy (non-hydrogen) atoms. The molecule has 1 fully saturated rings. The lowest BCUT2D eigenvalue weighted by Gasteiger charge is -2.21. The fraction of sp³-hybridized carbons (Fsp3) is 0.364. The number of aromatic nitrogens is 3. The zero-order chi connectivity index (χ0) is 22.5. The summed E-state index contributed by atoms with van der Waals surface area (Å²) < 4.78 is 18.9. The Kier molecular flexibility index (Phi) is 6.96. The van der Waals surface area contributed by atoms with Crippen LogP contribution in [0.1, 0.15) is 30.8 Å². The van der Waals surface area contributed by atoms with E-state index in [1.54, 1.807) is 6.07 Å². The lowest BCUT2D eigenvalue weighted by atomic mass is 9.94. The first kappa shape index (κ1) is 22.2. The lowest BCUT2D eigenvalue weighted by Crippen LogP contribution is -2.32. The van der Waals surface area contributed by atoms with Crippen LogP contribution in [0.25, 0.3) is 10.9 Å². The SMILES string of the molecule is O=C(CC1CCNCC1)NCc1nccc2c(=O)[nH]c(COc3ccc(F)c(Cl)c3)nc12. The Bertz CT molecular complexity index is 1180. The lowest BCUT2D eigenvalue weighted by molar-refractivity contribution is -0.122. The van der Waals surface area contributed by atoms with Crippen LogP contribution in [0.4, 0.5) is 4.39 Å². The van der Waals surface area contributed by atoms with Crippen molar-refractivity contribution < 1.29 is 13.9 Å². The quantitative estimate of drug-likeness (QED) is 0.501. The van der Waals surface area contributed by atoms with E-state index in [1.165, 1.54) is 24.4 Å². The van der Waals surface area contributed by atoms with Gasteiger partial charge in [-0.1, -0.05) is 11.6 Å². The van der Waals surface area contributed by atoms with Crippen LogP contribution in [-0.2, 0) is 17.9 Å². The molecule has 0 bridgehead atoms. The molecule has 0 spiro atoms. The number of pyridine rings is 1. The highest BCUT2D eigenvalue weighted by atomic mass is 35.5. The first-order valence-corrected chi connectivity index (χ1v) is 10.8. The van der Waals surface area contributed by atoms with Gasteiger partial charge < -0.3 is 20.4 Å². The minimum absolute atomic E-state index is 0.0442. The summed E-state index contributed by atoms with van der Waals surface area (Å²) in [5.74, 6) is 0.404. The van der Waals surface area contributed by atoms with Crippen LogP contribution >= 0.6 is 11.6 Å². The van der Waals surface area contributed by atoms with Crippen LogP contribution in [0.2, 0.25) is 5.02 Å². The number of ether oxygens (including phenoxy) is 1. The fourth-order valence-corrected chi connectivity index (χ4v) is 3.86. The minimum atomic E-state index is -0.547. The summed E-state index contributed by atoms with van der Waals surface area (Å²) in [5, 5.41) is 6.49.